The van der Waals surface area contributed by atoms with E-state index in [0.717, 1.165) is 0 Å². The fraction of sp³-hybridized carbons (Fsp3) is 0.400. The number of aromatic nitrogens is 2. The summed E-state index contributed by atoms with van der Waals surface area (Å²) in [6.07, 6.45) is 1.13. The SMILES string of the molecule is O=C(CCCc1nc(-c2ccc(F)cc2)no1)N1CC(O)C1. The molecular formula is C15H16FN3O3. The molecular weight excluding hydrogens is 289 g/mol. The Bertz CT molecular complexity index is 650. The topological polar surface area (TPSA) is 79.5 Å². The Balaban J connectivity index is 1.49. The lowest BCUT2D eigenvalue weighted by molar-refractivity contribution is -0.141. The number of likely N-dealkylation sites (tertiary alicyclic amines) is 1. The molecule has 0 aliphatic carbocycles. The molecule has 1 aromatic heterocycles. The second-order valence-corrected chi connectivity index (χ2v) is 5.32. The highest BCUT2D eigenvalue weighted by molar-refractivity contribution is 5.77. The van der Waals surface area contributed by atoms with Gasteiger partial charge in [-0.1, -0.05) is 5.16 Å². The summed E-state index contributed by atoms with van der Waals surface area (Å²) in [7, 11) is 0. The molecule has 1 N–H and O–H groups in total. The molecule has 6 nitrogen and oxygen atoms in total. The van der Waals surface area contributed by atoms with E-state index in [1.165, 1.54) is 12.1 Å². The van der Waals surface area contributed by atoms with E-state index in [1.54, 1.807) is 17.0 Å². The molecule has 2 heterocycles. The molecule has 0 bridgehead atoms. The van der Waals surface area contributed by atoms with Gasteiger partial charge in [0.15, 0.2) is 0 Å². The third-order valence-corrected chi connectivity index (χ3v) is 3.57. The number of benzene rings is 1. The standard InChI is InChI=1S/C15H16FN3O3/c16-11-6-4-10(5-7-11)15-17-13(22-18-15)2-1-3-14(21)19-8-12(20)9-19/h4-7,12,20H,1-3,8-9H2. The van der Waals surface area contributed by atoms with Gasteiger partial charge < -0.3 is 14.5 Å². The second kappa shape index (κ2) is 6.23. The lowest BCUT2D eigenvalue weighted by Crippen LogP contribution is -2.53. The lowest BCUT2D eigenvalue weighted by Gasteiger charge is -2.35. The molecule has 0 radical (unpaired) electrons. The van der Waals surface area contributed by atoms with Crippen LogP contribution < -0.4 is 0 Å². The fourth-order valence-corrected chi connectivity index (χ4v) is 2.28. The number of hydrogen-bond acceptors (Lipinski definition) is 5. The van der Waals surface area contributed by atoms with Gasteiger partial charge in [-0.15, -0.1) is 0 Å². The van der Waals surface area contributed by atoms with E-state index in [9.17, 15) is 9.18 Å². The Morgan fingerprint density at radius 1 is 1.36 bits per heavy atom. The zero-order chi connectivity index (χ0) is 15.5. The molecule has 7 heteroatoms. The van der Waals surface area contributed by atoms with Crippen LogP contribution in [0.3, 0.4) is 0 Å². The largest absolute Gasteiger partial charge is 0.389 e. The van der Waals surface area contributed by atoms with Crippen LogP contribution >= 0.6 is 0 Å². The number of carbonyl (C=O) groups is 1. The van der Waals surface area contributed by atoms with Gasteiger partial charge in [0.1, 0.15) is 5.82 Å². The highest BCUT2D eigenvalue weighted by Gasteiger charge is 2.28. The van der Waals surface area contributed by atoms with Gasteiger partial charge in [0.2, 0.25) is 17.6 Å². The van der Waals surface area contributed by atoms with Crippen LogP contribution in [0.5, 0.6) is 0 Å². The molecule has 0 spiro atoms. The number of aliphatic hydroxyl groups is 1. The summed E-state index contributed by atoms with van der Waals surface area (Å²) < 4.78 is 18.0. The van der Waals surface area contributed by atoms with Crippen LogP contribution in [0.25, 0.3) is 11.4 Å². The van der Waals surface area contributed by atoms with Crippen LogP contribution in [0.1, 0.15) is 18.7 Å². The number of aliphatic hydroxyl groups excluding tert-OH is 1. The molecule has 1 aromatic carbocycles. The van der Waals surface area contributed by atoms with Crippen molar-refractivity contribution in [1.29, 1.82) is 0 Å². The van der Waals surface area contributed by atoms with Gasteiger partial charge in [-0.25, -0.2) is 4.39 Å². The first-order valence-electron chi connectivity index (χ1n) is 7.16. The van der Waals surface area contributed by atoms with Crippen LogP contribution in [0.15, 0.2) is 28.8 Å². The zero-order valence-electron chi connectivity index (χ0n) is 11.9. The van der Waals surface area contributed by atoms with Crippen molar-refractivity contribution in [1.82, 2.24) is 15.0 Å². The summed E-state index contributed by atoms with van der Waals surface area (Å²) in [6.45, 7) is 0.849. The Morgan fingerprint density at radius 3 is 2.77 bits per heavy atom. The van der Waals surface area contributed by atoms with Crippen molar-refractivity contribution in [2.45, 2.75) is 25.4 Å². The van der Waals surface area contributed by atoms with Gasteiger partial charge in [-0.2, -0.15) is 4.98 Å². The summed E-state index contributed by atoms with van der Waals surface area (Å²) in [5.74, 6) is 0.577. The number of aryl methyl sites for hydroxylation is 1. The highest BCUT2D eigenvalue weighted by atomic mass is 19.1. The van der Waals surface area contributed by atoms with Gasteiger partial charge in [-0.05, 0) is 30.7 Å². The van der Waals surface area contributed by atoms with Crippen LogP contribution in [0.4, 0.5) is 4.39 Å². The molecule has 1 saturated heterocycles. The van der Waals surface area contributed by atoms with E-state index >= 15 is 0 Å². The van der Waals surface area contributed by atoms with Crippen LogP contribution in [0.2, 0.25) is 0 Å². The van der Waals surface area contributed by atoms with Crippen LogP contribution in [-0.4, -0.2) is 45.2 Å². The van der Waals surface area contributed by atoms with Gasteiger partial charge in [0.25, 0.3) is 0 Å². The highest BCUT2D eigenvalue weighted by Crippen LogP contribution is 2.17. The summed E-state index contributed by atoms with van der Waals surface area (Å²) >= 11 is 0. The summed E-state index contributed by atoms with van der Waals surface area (Å²) in [4.78, 5) is 17.6. The van der Waals surface area contributed by atoms with Crippen molar-refractivity contribution >= 4 is 5.91 Å². The summed E-state index contributed by atoms with van der Waals surface area (Å²) in [5.41, 5.74) is 0.682. The van der Waals surface area contributed by atoms with Crippen molar-refractivity contribution in [2.75, 3.05) is 13.1 Å². The molecule has 1 aliphatic heterocycles. The van der Waals surface area contributed by atoms with Gasteiger partial charge >= 0.3 is 0 Å². The minimum Gasteiger partial charge on any atom is -0.389 e. The van der Waals surface area contributed by atoms with Gasteiger partial charge in [0, 0.05) is 31.5 Å². The smallest absolute Gasteiger partial charge is 0.226 e. The average Bonchev–Trinajstić information content (AvgIpc) is 2.93. The second-order valence-electron chi connectivity index (χ2n) is 5.32. The maximum absolute atomic E-state index is 12.9. The molecule has 116 valence electrons. The van der Waals surface area contributed by atoms with Crippen molar-refractivity contribution in [3.8, 4) is 11.4 Å². The van der Waals surface area contributed by atoms with E-state index in [2.05, 4.69) is 10.1 Å². The molecule has 2 aromatic rings. The van der Waals surface area contributed by atoms with Crippen molar-refractivity contribution < 1.29 is 18.8 Å². The molecule has 22 heavy (non-hydrogen) atoms. The van der Waals surface area contributed by atoms with E-state index in [4.69, 9.17) is 9.63 Å². The molecule has 1 amide bonds. The monoisotopic (exact) mass is 305 g/mol. The summed E-state index contributed by atoms with van der Waals surface area (Å²) in [6, 6.07) is 5.85. The van der Waals surface area contributed by atoms with Crippen LogP contribution in [0, 0.1) is 5.82 Å². The van der Waals surface area contributed by atoms with Gasteiger partial charge in [0.05, 0.1) is 6.10 Å². The first-order chi connectivity index (χ1) is 10.6. The van der Waals surface area contributed by atoms with Crippen molar-refractivity contribution in [3.05, 3.63) is 36.0 Å². The Morgan fingerprint density at radius 2 is 2.09 bits per heavy atom. The van der Waals surface area contributed by atoms with E-state index in [1.807, 2.05) is 0 Å². The van der Waals surface area contributed by atoms with Crippen molar-refractivity contribution in [3.63, 3.8) is 0 Å². The Hall–Kier alpha value is -2.28. The predicted molar refractivity (Wildman–Crippen MR) is 75.2 cm³/mol. The molecule has 0 unspecified atom stereocenters. The number of rotatable bonds is 5. The minimum absolute atomic E-state index is 0.0311. The maximum Gasteiger partial charge on any atom is 0.226 e. The van der Waals surface area contributed by atoms with Crippen LogP contribution in [-0.2, 0) is 11.2 Å². The number of nitrogens with zero attached hydrogens (tertiary/aromatic N) is 3. The molecule has 0 atom stereocenters. The maximum atomic E-state index is 12.9. The molecule has 3 rings (SSSR count). The normalized spacial score (nSPS) is 14.9. The number of halogens is 1. The average molecular weight is 305 g/mol. The van der Waals surface area contributed by atoms with E-state index in [0.29, 0.717) is 49.6 Å². The predicted octanol–water partition coefficient (Wildman–Crippen LogP) is 1.40. The Kier molecular flexibility index (Phi) is 4.15. The number of carbonyl (C=O) groups excluding carboxylic acids is 1. The summed E-state index contributed by atoms with van der Waals surface area (Å²) in [5, 5.41) is 13.0. The first-order valence-corrected chi connectivity index (χ1v) is 7.16. The van der Waals surface area contributed by atoms with Crippen molar-refractivity contribution in [2.24, 2.45) is 0 Å². The quantitative estimate of drug-likeness (QED) is 0.903. The lowest BCUT2D eigenvalue weighted by atomic mass is 10.1. The third-order valence-electron chi connectivity index (χ3n) is 3.57. The van der Waals surface area contributed by atoms with Gasteiger partial charge in [-0.3, -0.25) is 4.79 Å². The fourth-order valence-electron chi connectivity index (χ4n) is 2.28. The molecule has 1 aliphatic rings. The number of hydrogen-bond donors (Lipinski definition) is 1. The number of β-amino-alcohol motifs (C(OH)–C–C–N with tert-alkyl or cyclic N) is 1. The van der Waals surface area contributed by atoms with E-state index < -0.39 is 0 Å². The minimum atomic E-state index is -0.377. The third kappa shape index (κ3) is 3.30. The molecule has 0 saturated carbocycles. The number of amides is 1. The zero-order valence-corrected chi connectivity index (χ0v) is 11.9. The Labute approximate surface area is 126 Å². The molecule has 1 fully saturated rings. The van der Waals surface area contributed by atoms with E-state index in [-0.39, 0.29) is 17.8 Å². The first kappa shape index (κ1) is 14.6.